The molecule has 0 spiro atoms. The van der Waals surface area contributed by atoms with Gasteiger partial charge in [-0.3, -0.25) is 0 Å². The zero-order valence-electron chi connectivity index (χ0n) is 11.3. The van der Waals surface area contributed by atoms with Crippen molar-refractivity contribution < 1.29 is 0 Å². The molecule has 2 heteroatoms. The number of pyridine rings is 1. The highest BCUT2D eigenvalue weighted by atomic mass is 14.8. The standard InChI is InChI=1S/C15H20N2/c1-9-6-7-11-8-12(15(3,4)5)14(16)17-13(11)10(9)2/h6-8H,1-5H3,(H2,16,17). The highest BCUT2D eigenvalue weighted by Gasteiger charge is 2.19. The number of aromatic nitrogens is 1. The maximum atomic E-state index is 6.08. The molecule has 0 aliphatic heterocycles. The summed E-state index contributed by atoms with van der Waals surface area (Å²) in [6.45, 7) is 10.7. The van der Waals surface area contributed by atoms with Crippen LogP contribution >= 0.6 is 0 Å². The lowest BCUT2D eigenvalue weighted by atomic mass is 9.86. The van der Waals surface area contributed by atoms with Gasteiger partial charge in [-0.25, -0.2) is 4.98 Å². The van der Waals surface area contributed by atoms with E-state index in [1.807, 2.05) is 0 Å². The average molecular weight is 228 g/mol. The fourth-order valence-corrected chi connectivity index (χ4v) is 2.10. The van der Waals surface area contributed by atoms with Crippen molar-refractivity contribution in [2.45, 2.75) is 40.0 Å². The Labute approximate surface area is 103 Å². The Kier molecular flexibility index (Phi) is 2.61. The molecule has 0 fully saturated rings. The lowest BCUT2D eigenvalue weighted by Crippen LogP contribution is -2.15. The van der Waals surface area contributed by atoms with Gasteiger partial charge in [0.25, 0.3) is 0 Å². The van der Waals surface area contributed by atoms with Gasteiger partial charge < -0.3 is 5.73 Å². The van der Waals surface area contributed by atoms with Gasteiger partial charge in [0.1, 0.15) is 5.82 Å². The van der Waals surface area contributed by atoms with Gasteiger partial charge in [0.2, 0.25) is 0 Å². The molecule has 1 heterocycles. The summed E-state index contributed by atoms with van der Waals surface area (Å²) in [6, 6.07) is 6.44. The Morgan fingerprint density at radius 2 is 1.76 bits per heavy atom. The van der Waals surface area contributed by atoms with Gasteiger partial charge >= 0.3 is 0 Å². The number of nitrogens with two attached hydrogens (primary N) is 1. The van der Waals surface area contributed by atoms with E-state index in [-0.39, 0.29) is 5.41 Å². The molecule has 2 nitrogen and oxygen atoms in total. The molecule has 0 atom stereocenters. The summed E-state index contributed by atoms with van der Waals surface area (Å²) >= 11 is 0. The van der Waals surface area contributed by atoms with Gasteiger partial charge in [-0.1, -0.05) is 32.9 Å². The molecule has 0 saturated carbocycles. The summed E-state index contributed by atoms with van der Waals surface area (Å²) in [4.78, 5) is 4.58. The molecule has 1 aromatic heterocycles. The molecular formula is C15H20N2. The van der Waals surface area contributed by atoms with Crippen molar-refractivity contribution in [3.05, 3.63) is 34.9 Å². The molecule has 0 unspecified atom stereocenters. The zero-order valence-corrected chi connectivity index (χ0v) is 11.3. The second kappa shape index (κ2) is 3.73. The Balaban J connectivity index is 2.80. The van der Waals surface area contributed by atoms with Gasteiger partial charge in [-0.15, -0.1) is 0 Å². The molecule has 0 aliphatic carbocycles. The second-order valence-corrected chi connectivity index (χ2v) is 5.75. The minimum atomic E-state index is 0.0318. The first-order chi connectivity index (χ1) is 7.80. The number of nitrogen functional groups attached to an aromatic ring is 1. The molecule has 2 aromatic rings. The largest absolute Gasteiger partial charge is 0.383 e. The van der Waals surface area contributed by atoms with E-state index in [0.29, 0.717) is 5.82 Å². The average Bonchev–Trinajstić information content (AvgIpc) is 2.22. The third-order valence-electron chi connectivity index (χ3n) is 3.35. The van der Waals surface area contributed by atoms with E-state index in [1.54, 1.807) is 0 Å². The normalized spacial score (nSPS) is 12.1. The van der Waals surface area contributed by atoms with Crippen LogP contribution in [0.1, 0.15) is 37.5 Å². The molecule has 1 aromatic carbocycles. The number of benzene rings is 1. The van der Waals surface area contributed by atoms with Crippen LogP contribution in [0.4, 0.5) is 5.82 Å². The first kappa shape index (κ1) is 11.9. The molecule has 0 radical (unpaired) electrons. The Morgan fingerprint density at radius 1 is 1.12 bits per heavy atom. The SMILES string of the molecule is Cc1ccc2cc(C(C)(C)C)c(N)nc2c1C. The monoisotopic (exact) mass is 228 g/mol. The Bertz CT molecular complexity index is 577. The molecular weight excluding hydrogens is 208 g/mol. The van der Waals surface area contributed by atoms with Crippen molar-refractivity contribution in [2.75, 3.05) is 5.73 Å². The third-order valence-corrected chi connectivity index (χ3v) is 3.35. The predicted molar refractivity (Wildman–Crippen MR) is 74.3 cm³/mol. The minimum Gasteiger partial charge on any atom is -0.383 e. The number of hydrogen-bond donors (Lipinski definition) is 1. The van der Waals surface area contributed by atoms with Crippen LogP contribution in [0.5, 0.6) is 0 Å². The molecule has 0 saturated heterocycles. The fraction of sp³-hybridized carbons (Fsp3) is 0.400. The van der Waals surface area contributed by atoms with Crippen molar-refractivity contribution in [3.63, 3.8) is 0 Å². The molecule has 2 rings (SSSR count). The van der Waals surface area contributed by atoms with Crippen LogP contribution < -0.4 is 5.73 Å². The number of anilines is 1. The molecule has 0 aliphatic rings. The van der Waals surface area contributed by atoms with E-state index in [0.717, 1.165) is 11.1 Å². The van der Waals surface area contributed by atoms with E-state index in [9.17, 15) is 0 Å². The van der Waals surface area contributed by atoms with E-state index >= 15 is 0 Å². The zero-order chi connectivity index (χ0) is 12.8. The second-order valence-electron chi connectivity index (χ2n) is 5.75. The summed E-state index contributed by atoms with van der Waals surface area (Å²) in [7, 11) is 0. The lowest BCUT2D eigenvalue weighted by molar-refractivity contribution is 0.591. The van der Waals surface area contributed by atoms with Crippen molar-refractivity contribution in [1.29, 1.82) is 0 Å². The number of fused-ring (bicyclic) bond motifs is 1. The van der Waals surface area contributed by atoms with Gasteiger partial charge in [0.15, 0.2) is 0 Å². The summed E-state index contributed by atoms with van der Waals surface area (Å²) in [5.41, 5.74) is 10.7. The first-order valence-corrected chi connectivity index (χ1v) is 5.97. The van der Waals surface area contributed by atoms with E-state index in [2.05, 4.69) is 57.8 Å². The summed E-state index contributed by atoms with van der Waals surface area (Å²) in [6.07, 6.45) is 0. The molecule has 0 amide bonds. The van der Waals surface area contributed by atoms with Crippen molar-refractivity contribution in [1.82, 2.24) is 4.98 Å². The van der Waals surface area contributed by atoms with Crippen LogP contribution in [0.3, 0.4) is 0 Å². The van der Waals surface area contributed by atoms with Crippen molar-refractivity contribution in [3.8, 4) is 0 Å². The van der Waals surface area contributed by atoms with Crippen LogP contribution in [-0.2, 0) is 5.41 Å². The van der Waals surface area contributed by atoms with Gasteiger partial charge in [-0.2, -0.15) is 0 Å². The molecule has 2 N–H and O–H groups in total. The van der Waals surface area contributed by atoms with Crippen LogP contribution in [0.2, 0.25) is 0 Å². The number of rotatable bonds is 0. The highest BCUT2D eigenvalue weighted by molar-refractivity contribution is 5.85. The Morgan fingerprint density at radius 3 is 2.35 bits per heavy atom. The number of nitrogens with zero attached hydrogens (tertiary/aromatic N) is 1. The fourth-order valence-electron chi connectivity index (χ4n) is 2.10. The first-order valence-electron chi connectivity index (χ1n) is 5.97. The maximum absolute atomic E-state index is 6.08. The van der Waals surface area contributed by atoms with Crippen molar-refractivity contribution >= 4 is 16.7 Å². The summed E-state index contributed by atoms with van der Waals surface area (Å²) < 4.78 is 0. The number of aryl methyl sites for hydroxylation is 2. The molecule has 90 valence electrons. The summed E-state index contributed by atoms with van der Waals surface area (Å²) in [5.74, 6) is 0.652. The minimum absolute atomic E-state index is 0.0318. The Hall–Kier alpha value is -1.57. The highest BCUT2D eigenvalue weighted by Crippen LogP contribution is 2.31. The number of hydrogen-bond acceptors (Lipinski definition) is 2. The van der Waals surface area contributed by atoms with Crippen molar-refractivity contribution in [2.24, 2.45) is 0 Å². The van der Waals surface area contributed by atoms with Crippen LogP contribution in [0.25, 0.3) is 10.9 Å². The quantitative estimate of drug-likeness (QED) is 0.746. The maximum Gasteiger partial charge on any atom is 0.127 e. The van der Waals surface area contributed by atoms with Gasteiger partial charge in [0, 0.05) is 10.9 Å². The smallest absolute Gasteiger partial charge is 0.127 e. The van der Waals surface area contributed by atoms with Gasteiger partial charge in [-0.05, 0) is 36.5 Å². The molecule has 0 bridgehead atoms. The topological polar surface area (TPSA) is 38.9 Å². The van der Waals surface area contributed by atoms with Crippen LogP contribution in [0.15, 0.2) is 18.2 Å². The predicted octanol–water partition coefficient (Wildman–Crippen LogP) is 3.73. The van der Waals surface area contributed by atoms with Crippen LogP contribution in [-0.4, -0.2) is 4.98 Å². The van der Waals surface area contributed by atoms with E-state index in [4.69, 9.17) is 5.73 Å². The van der Waals surface area contributed by atoms with E-state index in [1.165, 1.54) is 16.5 Å². The third kappa shape index (κ3) is 1.99. The summed E-state index contributed by atoms with van der Waals surface area (Å²) in [5, 5.41) is 1.17. The van der Waals surface area contributed by atoms with Crippen LogP contribution in [0, 0.1) is 13.8 Å². The molecule has 17 heavy (non-hydrogen) atoms. The van der Waals surface area contributed by atoms with E-state index < -0.39 is 0 Å². The lowest BCUT2D eigenvalue weighted by Gasteiger charge is -2.21. The van der Waals surface area contributed by atoms with Gasteiger partial charge in [0.05, 0.1) is 5.52 Å².